The van der Waals surface area contributed by atoms with E-state index < -0.39 is 0 Å². The molecule has 0 aliphatic carbocycles. The Hall–Kier alpha value is -3.03. The summed E-state index contributed by atoms with van der Waals surface area (Å²) < 4.78 is 5.14. The molecule has 0 bridgehead atoms. The number of fused-ring (bicyclic) bond motifs is 1. The van der Waals surface area contributed by atoms with E-state index in [1.807, 2.05) is 18.2 Å². The number of nitrogens with one attached hydrogen (secondary N) is 1. The highest BCUT2D eigenvalue weighted by Gasteiger charge is 2.22. The number of hydrogen-bond donors (Lipinski definition) is 1. The highest BCUT2D eigenvalue weighted by molar-refractivity contribution is 5.86. The van der Waals surface area contributed by atoms with E-state index in [9.17, 15) is 0 Å². The van der Waals surface area contributed by atoms with E-state index in [4.69, 9.17) is 4.74 Å². The second-order valence-electron chi connectivity index (χ2n) is 5.92. The Bertz CT molecular complexity index is 859. The van der Waals surface area contributed by atoms with Gasteiger partial charge in [-0.25, -0.2) is 24.9 Å². The van der Waals surface area contributed by atoms with Gasteiger partial charge in [0.2, 0.25) is 5.88 Å². The Morgan fingerprint density at radius 1 is 1.08 bits per heavy atom. The van der Waals surface area contributed by atoms with Crippen LogP contribution in [0.4, 0.5) is 11.6 Å². The predicted octanol–water partition coefficient (Wildman–Crippen LogP) is 1.90. The van der Waals surface area contributed by atoms with Crippen LogP contribution in [0.5, 0.6) is 5.88 Å². The van der Waals surface area contributed by atoms with Crippen molar-refractivity contribution in [3.05, 3.63) is 37.1 Å². The fourth-order valence-corrected chi connectivity index (χ4v) is 3.11. The van der Waals surface area contributed by atoms with E-state index >= 15 is 0 Å². The number of ether oxygens (including phenoxy) is 1. The maximum atomic E-state index is 5.14. The van der Waals surface area contributed by atoms with Crippen molar-refractivity contribution in [1.82, 2.24) is 24.9 Å². The summed E-state index contributed by atoms with van der Waals surface area (Å²) in [4.78, 5) is 23.6. The highest BCUT2D eigenvalue weighted by Crippen LogP contribution is 2.25. The molecule has 0 spiro atoms. The Morgan fingerprint density at radius 3 is 2.76 bits per heavy atom. The van der Waals surface area contributed by atoms with Gasteiger partial charge >= 0.3 is 0 Å². The fraction of sp³-hybridized carbons (Fsp3) is 0.353. The van der Waals surface area contributed by atoms with Crippen LogP contribution in [0.1, 0.15) is 12.8 Å². The summed E-state index contributed by atoms with van der Waals surface area (Å²) in [6.07, 6.45) is 6.85. The van der Waals surface area contributed by atoms with Crippen LogP contribution in [0.3, 0.4) is 0 Å². The van der Waals surface area contributed by atoms with E-state index in [-0.39, 0.29) is 0 Å². The highest BCUT2D eigenvalue weighted by atomic mass is 16.5. The van der Waals surface area contributed by atoms with E-state index in [2.05, 4.69) is 35.1 Å². The maximum Gasteiger partial charge on any atom is 0.218 e. The number of piperidine rings is 1. The molecule has 0 saturated carbocycles. The molecule has 3 aromatic rings. The molecule has 1 aliphatic rings. The zero-order chi connectivity index (χ0) is 17.1. The Morgan fingerprint density at radius 2 is 1.92 bits per heavy atom. The monoisotopic (exact) mass is 337 g/mol. The van der Waals surface area contributed by atoms with Crippen molar-refractivity contribution in [2.75, 3.05) is 30.4 Å². The number of anilines is 2. The zero-order valence-electron chi connectivity index (χ0n) is 14.0. The van der Waals surface area contributed by atoms with Gasteiger partial charge in [0.25, 0.3) is 0 Å². The predicted molar refractivity (Wildman–Crippen MR) is 94.8 cm³/mol. The van der Waals surface area contributed by atoms with Crippen molar-refractivity contribution >= 4 is 22.7 Å². The third-order valence-corrected chi connectivity index (χ3v) is 4.39. The normalized spacial score (nSPS) is 15.3. The second-order valence-corrected chi connectivity index (χ2v) is 5.92. The van der Waals surface area contributed by atoms with E-state index in [0.717, 1.165) is 48.6 Å². The molecule has 128 valence electrons. The van der Waals surface area contributed by atoms with Gasteiger partial charge < -0.3 is 15.0 Å². The van der Waals surface area contributed by atoms with Gasteiger partial charge in [-0.2, -0.15) is 0 Å². The lowest BCUT2D eigenvalue weighted by molar-refractivity contribution is 0.397. The quantitative estimate of drug-likeness (QED) is 0.772. The van der Waals surface area contributed by atoms with Crippen molar-refractivity contribution in [2.45, 2.75) is 18.9 Å². The van der Waals surface area contributed by atoms with Crippen molar-refractivity contribution in [3.63, 3.8) is 0 Å². The molecule has 8 heteroatoms. The van der Waals surface area contributed by atoms with Crippen molar-refractivity contribution in [1.29, 1.82) is 0 Å². The van der Waals surface area contributed by atoms with Crippen LogP contribution < -0.4 is 15.0 Å². The first kappa shape index (κ1) is 15.5. The van der Waals surface area contributed by atoms with Crippen molar-refractivity contribution in [3.8, 4) is 5.88 Å². The van der Waals surface area contributed by atoms with E-state index in [1.165, 1.54) is 6.33 Å². The van der Waals surface area contributed by atoms with Gasteiger partial charge in [0.1, 0.15) is 24.3 Å². The molecule has 0 atom stereocenters. The molecule has 3 aromatic heterocycles. The Kier molecular flexibility index (Phi) is 4.24. The van der Waals surface area contributed by atoms with Crippen LogP contribution >= 0.6 is 0 Å². The van der Waals surface area contributed by atoms with Gasteiger partial charge in [0, 0.05) is 31.4 Å². The van der Waals surface area contributed by atoms with Gasteiger partial charge in [-0.1, -0.05) is 0 Å². The summed E-state index contributed by atoms with van der Waals surface area (Å²) in [6.45, 7) is 1.84. The summed E-state index contributed by atoms with van der Waals surface area (Å²) in [5.41, 5.74) is 0.737. The Balaban J connectivity index is 1.44. The first-order valence-electron chi connectivity index (χ1n) is 8.27. The molecule has 0 radical (unpaired) electrons. The molecule has 1 saturated heterocycles. The fourth-order valence-electron chi connectivity index (χ4n) is 3.11. The number of methoxy groups -OCH3 is 1. The molecule has 0 amide bonds. The summed E-state index contributed by atoms with van der Waals surface area (Å²) >= 11 is 0. The lowest BCUT2D eigenvalue weighted by Crippen LogP contribution is -2.39. The van der Waals surface area contributed by atoms with E-state index in [0.29, 0.717) is 11.9 Å². The lowest BCUT2D eigenvalue weighted by Gasteiger charge is -2.33. The summed E-state index contributed by atoms with van der Waals surface area (Å²) in [5, 5.41) is 4.46. The number of pyridine rings is 1. The molecule has 0 aromatic carbocycles. The third-order valence-electron chi connectivity index (χ3n) is 4.39. The number of hydrogen-bond acceptors (Lipinski definition) is 8. The minimum atomic E-state index is 0.363. The molecule has 1 fully saturated rings. The largest absolute Gasteiger partial charge is 0.481 e. The third kappa shape index (κ3) is 3.28. The van der Waals surface area contributed by atoms with Gasteiger partial charge in [0.05, 0.1) is 12.5 Å². The molecular formula is C17H19N7O. The Labute approximate surface area is 145 Å². The van der Waals surface area contributed by atoms with Crippen LogP contribution in [-0.2, 0) is 0 Å². The average molecular weight is 337 g/mol. The lowest BCUT2D eigenvalue weighted by atomic mass is 10.0. The van der Waals surface area contributed by atoms with Crippen molar-refractivity contribution in [2.24, 2.45) is 0 Å². The van der Waals surface area contributed by atoms with E-state index in [1.54, 1.807) is 19.6 Å². The van der Waals surface area contributed by atoms with Crippen LogP contribution in [0.2, 0.25) is 0 Å². The smallest absolute Gasteiger partial charge is 0.218 e. The van der Waals surface area contributed by atoms with Gasteiger partial charge in [-0.05, 0) is 25.0 Å². The summed E-state index contributed by atoms with van der Waals surface area (Å²) in [7, 11) is 1.60. The second kappa shape index (κ2) is 6.84. The van der Waals surface area contributed by atoms with Crippen molar-refractivity contribution < 1.29 is 4.74 Å². The first-order chi connectivity index (χ1) is 12.3. The molecule has 1 N–H and O–H groups in total. The van der Waals surface area contributed by atoms with Crippen LogP contribution in [0.25, 0.3) is 11.0 Å². The molecule has 4 heterocycles. The van der Waals surface area contributed by atoms with Gasteiger partial charge in [-0.15, -0.1) is 0 Å². The van der Waals surface area contributed by atoms with Gasteiger partial charge in [-0.3, -0.25) is 0 Å². The minimum absolute atomic E-state index is 0.363. The minimum Gasteiger partial charge on any atom is -0.481 e. The summed E-state index contributed by atoms with van der Waals surface area (Å²) in [5.74, 6) is 2.32. The molecular weight excluding hydrogens is 318 g/mol. The van der Waals surface area contributed by atoms with Gasteiger partial charge in [0.15, 0.2) is 5.65 Å². The standard InChI is InChI=1S/C17H19N7O/c1-25-15-9-14(19-10-20-15)23-12-4-7-24(8-5-12)17-13-3-2-6-18-16(13)21-11-22-17/h2-3,6,9-12H,4-5,7-8H2,1H3,(H,19,20,23). The molecule has 0 unspecified atom stereocenters. The number of aromatic nitrogens is 5. The average Bonchev–Trinajstić information content (AvgIpc) is 2.68. The first-order valence-corrected chi connectivity index (χ1v) is 8.27. The van der Waals surface area contributed by atoms with Crippen LogP contribution in [-0.4, -0.2) is 51.2 Å². The molecule has 4 rings (SSSR count). The number of nitrogens with zero attached hydrogens (tertiary/aromatic N) is 6. The maximum absolute atomic E-state index is 5.14. The molecule has 1 aliphatic heterocycles. The zero-order valence-corrected chi connectivity index (χ0v) is 14.0. The summed E-state index contributed by atoms with van der Waals surface area (Å²) in [6, 6.07) is 6.12. The molecule has 8 nitrogen and oxygen atoms in total. The number of rotatable bonds is 4. The topological polar surface area (TPSA) is 89.0 Å². The van der Waals surface area contributed by atoms with Crippen LogP contribution in [0.15, 0.2) is 37.1 Å². The van der Waals surface area contributed by atoms with Crippen LogP contribution in [0, 0.1) is 0 Å². The molecule has 25 heavy (non-hydrogen) atoms. The SMILES string of the molecule is COc1cc(NC2CCN(c3ncnc4ncccc34)CC2)ncn1.